The fraction of sp³-hybridized carbons (Fsp3) is 0.538. The molecule has 1 rings (SSSR count). The van der Waals surface area contributed by atoms with Gasteiger partial charge in [0.25, 0.3) is 0 Å². The third-order valence-corrected chi connectivity index (χ3v) is 4.35. The van der Waals surface area contributed by atoms with Gasteiger partial charge in [0, 0.05) is 18.0 Å². The highest BCUT2D eigenvalue weighted by molar-refractivity contribution is 7.70. The van der Waals surface area contributed by atoms with Gasteiger partial charge >= 0.3 is 0 Å². The van der Waals surface area contributed by atoms with Crippen molar-refractivity contribution in [1.29, 1.82) is 0 Å². The zero-order chi connectivity index (χ0) is 12.5. The molecule has 0 unspecified atom stereocenters. The van der Waals surface area contributed by atoms with Crippen LogP contribution in [0.2, 0.25) is 0 Å². The van der Waals surface area contributed by atoms with Crippen LogP contribution in [0.4, 0.5) is 5.69 Å². The second-order valence-corrected chi connectivity index (χ2v) is 8.20. The average Bonchev–Trinajstić information content (AvgIpc) is 2.14. The van der Waals surface area contributed by atoms with E-state index in [0.717, 1.165) is 5.30 Å². The lowest BCUT2D eigenvalue weighted by molar-refractivity contribution is 0.588. The summed E-state index contributed by atoms with van der Waals surface area (Å²) in [5.74, 6) is 0.438. The maximum absolute atomic E-state index is 12.1. The first-order chi connectivity index (χ1) is 7.27. The fourth-order valence-electron chi connectivity index (χ4n) is 1.90. The van der Waals surface area contributed by atoms with Gasteiger partial charge in [0.2, 0.25) is 0 Å². The molecule has 0 saturated heterocycles. The zero-order valence-corrected chi connectivity index (χ0v) is 12.0. The van der Waals surface area contributed by atoms with Crippen LogP contribution in [0.25, 0.3) is 0 Å². The largest absolute Gasteiger partial charge is 0.388 e. The number of anilines is 1. The minimum Gasteiger partial charge on any atom is -0.388 e. The normalized spacial score (nSPS) is 11.9. The van der Waals surface area contributed by atoms with Crippen molar-refractivity contribution in [2.24, 2.45) is 0 Å². The molecule has 0 aliphatic heterocycles. The van der Waals surface area contributed by atoms with E-state index in [1.807, 2.05) is 26.4 Å². The summed E-state index contributed by atoms with van der Waals surface area (Å²) in [7, 11) is -0.234. The molecule has 1 aromatic rings. The SMILES string of the molecule is CNc1c(C)cc(P(C)(C)=O)cc1C(C)C. The molecule has 3 heteroatoms. The number of rotatable bonds is 3. The number of nitrogens with one attached hydrogen (secondary N) is 1. The van der Waals surface area contributed by atoms with Gasteiger partial charge in [-0.2, -0.15) is 0 Å². The summed E-state index contributed by atoms with van der Waals surface area (Å²) >= 11 is 0. The summed E-state index contributed by atoms with van der Waals surface area (Å²) in [6, 6.07) is 4.13. The Kier molecular flexibility index (Phi) is 3.85. The molecule has 0 heterocycles. The van der Waals surface area contributed by atoms with Crippen LogP contribution in [0.3, 0.4) is 0 Å². The van der Waals surface area contributed by atoms with E-state index < -0.39 is 7.14 Å². The number of hydrogen-bond acceptors (Lipinski definition) is 2. The average molecular weight is 239 g/mol. The van der Waals surface area contributed by atoms with Crippen molar-refractivity contribution in [2.75, 3.05) is 25.7 Å². The molecule has 0 aliphatic carbocycles. The Morgan fingerprint density at radius 3 is 2.19 bits per heavy atom. The standard InChI is InChI=1S/C13H22NOP/c1-9(2)12-8-11(16(5,6)15)7-10(3)13(12)14-4/h7-9,14H,1-6H3. The van der Waals surface area contributed by atoms with E-state index in [2.05, 4.69) is 32.2 Å². The predicted molar refractivity (Wildman–Crippen MR) is 73.9 cm³/mol. The molecule has 16 heavy (non-hydrogen) atoms. The van der Waals surface area contributed by atoms with Gasteiger partial charge in [0.05, 0.1) is 0 Å². The first-order valence-corrected chi connectivity index (χ1v) is 8.25. The third kappa shape index (κ3) is 2.68. The number of aryl methyl sites for hydroxylation is 1. The molecule has 0 amide bonds. The second-order valence-electron chi connectivity index (χ2n) is 4.98. The Bertz CT molecular complexity index is 432. The summed E-state index contributed by atoms with van der Waals surface area (Å²) < 4.78 is 12.1. The lowest BCUT2D eigenvalue weighted by Crippen LogP contribution is -2.10. The number of benzene rings is 1. The maximum atomic E-state index is 12.1. The molecule has 2 nitrogen and oxygen atoms in total. The summed E-state index contributed by atoms with van der Waals surface area (Å²) in [6.07, 6.45) is 0. The van der Waals surface area contributed by atoms with Gasteiger partial charge in [-0.25, -0.2) is 0 Å². The molecule has 0 saturated carbocycles. The van der Waals surface area contributed by atoms with Gasteiger partial charge < -0.3 is 9.88 Å². The first kappa shape index (κ1) is 13.3. The topological polar surface area (TPSA) is 29.1 Å². The Morgan fingerprint density at radius 2 is 1.81 bits per heavy atom. The Morgan fingerprint density at radius 1 is 1.25 bits per heavy atom. The maximum Gasteiger partial charge on any atom is 0.109 e. The van der Waals surface area contributed by atoms with Crippen LogP contribution in [0.15, 0.2) is 12.1 Å². The van der Waals surface area contributed by atoms with E-state index in [4.69, 9.17) is 0 Å². The molecule has 0 fully saturated rings. The predicted octanol–water partition coefficient (Wildman–Crippen LogP) is 3.41. The van der Waals surface area contributed by atoms with E-state index >= 15 is 0 Å². The van der Waals surface area contributed by atoms with Crippen molar-refractivity contribution in [3.8, 4) is 0 Å². The molecule has 0 atom stereocenters. The molecule has 0 radical (unpaired) electrons. The van der Waals surface area contributed by atoms with Gasteiger partial charge in [0.1, 0.15) is 7.14 Å². The molecule has 0 aliphatic rings. The van der Waals surface area contributed by atoms with E-state index in [1.54, 1.807) is 0 Å². The fourth-order valence-corrected chi connectivity index (χ4v) is 2.86. The first-order valence-electron chi connectivity index (χ1n) is 5.65. The summed E-state index contributed by atoms with van der Waals surface area (Å²) in [4.78, 5) is 0. The van der Waals surface area contributed by atoms with Crippen molar-refractivity contribution in [3.05, 3.63) is 23.3 Å². The second kappa shape index (κ2) is 4.63. The van der Waals surface area contributed by atoms with Gasteiger partial charge in [-0.05, 0) is 49.4 Å². The molecule has 1 N–H and O–H groups in total. The zero-order valence-electron chi connectivity index (χ0n) is 11.1. The van der Waals surface area contributed by atoms with E-state index in [1.165, 1.54) is 16.8 Å². The van der Waals surface area contributed by atoms with Crippen LogP contribution < -0.4 is 10.6 Å². The lowest BCUT2D eigenvalue weighted by atomic mass is 9.98. The van der Waals surface area contributed by atoms with Gasteiger partial charge in [-0.15, -0.1) is 0 Å². The quantitative estimate of drug-likeness (QED) is 0.819. The van der Waals surface area contributed by atoms with Crippen LogP contribution in [0.5, 0.6) is 0 Å². The molecule has 0 bridgehead atoms. The van der Waals surface area contributed by atoms with Crippen molar-refractivity contribution >= 4 is 18.1 Å². The smallest absolute Gasteiger partial charge is 0.109 e. The Hall–Kier alpha value is -0.750. The van der Waals surface area contributed by atoms with Crippen LogP contribution >= 0.6 is 7.14 Å². The van der Waals surface area contributed by atoms with Crippen molar-refractivity contribution in [3.63, 3.8) is 0 Å². The molecule has 90 valence electrons. The molecule has 1 aromatic carbocycles. The lowest BCUT2D eigenvalue weighted by Gasteiger charge is -2.19. The van der Waals surface area contributed by atoms with Crippen LogP contribution in [0, 0.1) is 6.92 Å². The molecular formula is C13H22NOP. The van der Waals surface area contributed by atoms with Crippen molar-refractivity contribution in [1.82, 2.24) is 0 Å². The van der Waals surface area contributed by atoms with Crippen LogP contribution in [0.1, 0.15) is 30.9 Å². The minimum absolute atomic E-state index is 0.438. The van der Waals surface area contributed by atoms with E-state index in [0.29, 0.717) is 5.92 Å². The highest BCUT2D eigenvalue weighted by Crippen LogP contribution is 2.38. The van der Waals surface area contributed by atoms with Crippen LogP contribution in [-0.4, -0.2) is 20.4 Å². The Labute approximate surface area is 98.8 Å². The van der Waals surface area contributed by atoms with E-state index in [-0.39, 0.29) is 0 Å². The highest BCUT2D eigenvalue weighted by atomic mass is 31.2. The molecule has 0 aromatic heterocycles. The van der Waals surface area contributed by atoms with E-state index in [9.17, 15) is 4.57 Å². The number of hydrogen-bond donors (Lipinski definition) is 1. The Balaban J connectivity index is 3.46. The highest BCUT2D eigenvalue weighted by Gasteiger charge is 2.16. The monoisotopic (exact) mass is 239 g/mol. The van der Waals surface area contributed by atoms with Gasteiger partial charge in [0.15, 0.2) is 0 Å². The summed E-state index contributed by atoms with van der Waals surface area (Å²) in [5.41, 5.74) is 3.60. The molecular weight excluding hydrogens is 217 g/mol. The van der Waals surface area contributed by atoms with Crippen molar-refractivity contribution in [2.45, 2.75) is 26.7 Å². The molecule has 0 spiro atoms. The summed E-state index contributed by atoms with van der Waals surface area (Å²) in [5, 5.41) is 4.21. The summed E-state index contributed by atoms with van der Waals surface area (Å²) in [6.45, 7) is 10.0. The minimum atomic E-state index is -2.17. The van der Waals surface area contributed by atoms with Gasteiger partial charge in [-0.1, -0.05) is 13.8 Å². The van der Waals surface area contributed by atoms with Gasteiger partial charge in [-0.3, -0.25) is 0 Å². The third-order valence-electron chi connectivity index (χ3n) is 2.84. The van der Waals surface area contributed by atoms with Crippen molar-refractivity contribution < 1.29 is 4.57 Å². The van der Waals surface area contributed by atoms with Crippen LogP contribution in [-0.2, 0) is 4.57 Å².